The van der Waals surface area contributed by atoms with Crippen molar-refractivity contribution in [1.82, 2.24) is 10.2 Å². The Balaban J connectivity index is 1.31. The lowest BCUT2D eigenvalue weighted by Crippen LogP contribution is -2.52. The number of carbonyl (C=O) groups excluding carboxylic acids is 1. The number of hydrogen-bond donors (Lipinski definition) is 1. The van der Waals surface area contributed by atoms with Crippen LogP contribution >= 0.6 is 23.2 Å². The van der Waals surface area contributed by atoms with Crippen molar-refractivity contribution in [2.45, 2.75) is 37.8 Å². The number of piperidine rings is 3. The molecule has 0 saturated carbocycles. The Morgan fingerprint density at radius 1 is 1.07 bits per heavy atom. The maximum atomic E-state index is 12.6. The van der Waals surface area contributed by atoms with Gasteiger partial charge in [-0.25, -0.2) is 4.79 Å². The summed E-state index contributed by atoms with van der Waals surface area (Å²) in [5.41, 5.74) is 4.32. The van der Waals surface area contributed by atoms with E-state index >= 15 is 0 Å². The maximum absolute atomic E-state index is 12.6. The molecule has 152 valence electrons. The van der Waals surface area contributed by atoms with Gasteiger partial charge in [-0.3, -0.25) is 4.90 Å². The van der Waals surface area contributed by atoms with Crippen LogP contribution in [0.1, 0.15) is 36.4 Å². The summed E-state index contributed by atoms with van der Waals surface area (Å²) in [5, 5.41) is 4.43. The van der Waals surface area contributed by atoms with E-state index in [9.17, 15) is 4.79 Å². The molecule has 1 N–H and O–H groups in total. The fourth-order valence-electron chi connectivity index (χ4n) is 5.00. The molecular weight excluding hydrogens is 407 g/mol. The molecule has 6 rings (SSSR count). The van der Waals surface area contributed by atoms with Crippen molar-refractivity contribution in [3.8, 4) is 11.1 Å². The third kappa shape index (κ3) is 3.86. The number of amides is 1. The van der Waals surface area contributed by atoms with Crippen LogP contribution in [0.25, 0.3) is 11.1 Å². The second-order valence-electron chi connectivity index (χ2n) is 8.36. The predicted molar refractivity (Wildman–Crippen MR) is 116 cm³/mol. The van der Waals surface area contributed by atoms with Gasteiger partial charge in [-0.05, 0) is 85.6 Å². The molecule has 6 heteroatoms. The van der Waals surface area contributed by atoms with Gasteiger partial charge < -0.3 is 10.1 Å². The van der Waals surface area contributed by atoms with E-state index in [-0.39, 0.29) is 18.2 Å². The Kier molecular flexibility index (Phi) is 5.19. The number of benzene rings is 2. The number of hydrogen-bond acceptors (Lipinski definition) is 3. The second kappa shape index (κ2) is 7.82. The number of nitrogens with one attached hydrogen (secondary N) is 1. The number of halogens is 2. The van der Waals surface area contributed by atoms with Crippen molar-refractivity contribution in [2.75, 3.05) is 19.6 Å². The van der Waals surface area contributed by atoms with Crippen LogP contribution in [0.4, 0.5) is 4.79 Å². The van der Waals surface area contributed by atoms with Crippen LogP contribution in [0.15, 0.2) is 36.4 Å². The molecule has 3 saturated heterocycles. The van der Waals surface area contributed by atoms with Gasteiger partial charge in [-0.1, -0.05) is 35.3 Å². The zero-order chi connectivity index (χ0) is 20.0. The number of fused-ring (bicyclic) bond motifs is 4. The molecule has 4 aliphatic rings. The van der Waals surface area contributed by atoms with Crippen molar-refractivity contribution >= 4 is 29.3 Å². The summed E-state index contributed by atoms with van der Waals surface area (Å²) in [6, 6.07) is 11.8. The van der Waals surface area contributed by atoms with Gasteiger partial charge in [-0.2, -0.15) is 0 Å². The zero-order valence-electron chi connectivity index (χ0n) is 16.2. The lowest BCUT2D eigenvalue weighted by molar-refractivity contribution is -0.0339. The van der Waals surface area contributed by atoms with Crippen molar-refractivity contribution < 1.29 is 9.53 Å². The van der Waals surface area contributed by atoms with Crippen LogP contribution in [0.3, 0.4) is 0 Å². The smallest absolute Gasteiger partial charge is 0.407 e. The van der Waals surface area contributed by atoms with Crippen molar-refractivity contribution in [2.24, 2.45) is 5.92 Å². The Bertz CT molecular complexity index is 940. The maximum Gasteiger partial charge on any atom is 0.407 e. The fourth-order valence-corrected chi connectivity index (χ4v) is 5.40. The summed E-state index contributed by atoms with van der Waals surface area (Å²) in [7, 11) is 0. The SMILES string of the molecule is O=C(NC1CCc2ccc(-c3cc(Cl)ccc3Cl)cc21)O[C@@H]1CN2CCC1CC2. The number of aryl methyl sites for hydroxylation is 1. The van der Waals surface area contributed by atoms with Crippen molar-refractivity contribution in [3.63, 3.8) is 0 Å². The average molecular weight is 431 g/mol. The van der Waals surface area contributed by atoms with E-state index in [4.69, 9.17) is 27.9 Å². The molecule has 4 nitrogen and oxygen atoms in total. The molecule has 29 heavy (non-hydrogen) atoms. The van der Waals surface area contributed by atoms with Gasteiger partial charge in [0.2, 0.25) is 0 Å². The minimum atomic E-state index is -0.298. The summed E-state index contributed by atoms with van der Waals surface area (Å²) in [6.07, 6.45) is 3.82. The molecule has 0 spiro atoms. The molecule has 2 aromatic carbocycles. The Hall–Kier alpha value is -1.75. The molecular formula is C23H24Cl2N2O2. The molecule has 2 atom stereocenters. The van der Waals surface area contributed by atoms with Gasteiger partial charge in [0.1, 0.15) is 6.10 Å². The van der Waals surface area contributed by atoms with Gasteiger partial charge in [0.05, 0.1) is 6.04 Å². The lowest BCUT2D eigenvalue weighted by atomic mass is 9.86. The Morgan fingerprint density at radius 3 is 2.66 bits per heavy atom. The first-order valence-electron chi connectivity index (χ1n) is 10.3. The molecule has 0 radical (unpaired) electrons. The monoisotopic (exact) mass is 430 g/mol. The third-order valence-electron chi connectivity index (χ3n) is 6.61. The van der Waals surface area contributed by atoms with E-state index < -0.39 is 0 Å². The van der Waals surface area contributed by atoms with Gasteiger partial charge in [0.15, 0.2) is 0 Å². The Labute approximate surface area is 181 Å². The normalized spacial score (nSPS) is 27.5. The van der Waals surface area contributed by atoms with E-state index in [1.54, 1.807) is 6.07 Å². The highest BCUT2D eigenvalue weighted by Gasteiger charge is 2.37. The number of nitrogens with zero attached hydrogens (tertiary/aromatic N) is 1. The molecule has 2 aromatic rings. The molecule has 1 aliphatic carbocycles. The largest absolute Gasteiger partial charge is 0.445 e. The first-order valence-corrected chi connectivity index (χ1v) is 11.1. The minimum absolute atomic E-state index is 0.0231. The van der Waals surface area contributed by atoms with Crippen LogP contribution in [0.5, 0.6) is 0 Å². The molecule has 3 aliphatic heterocycles. The number of alkyl carbamates (subject to hydrolysis) is 1. The first-order chi connectivity index (χ1) is 14.1. The number of ether oxygens (including phenoxy) is 1. The molecule has 0 aromatic heterocycles. The van der Waals surface area contributed by atoms with Crippen LogP contribution in [0.2, 0.25) is 10.0 Å². The van der Waals surface area contributed by atoms with Crippen molar-refractivity contribution in [1.29, 1.82) is 0 Å². The van der Waals surface area contributed by atoms with E-state index in [0.29, 0.717) is 16.0 Å². The summed E-state index contributed by atoms with van der Waals surface area (Å²) >= 11 is 12.6. The standard InChI is InChI=1S/C23H24Cl2N2O2/c24-17-4-5-20(25)18(12-17)16-2-1-14-3-6-21(19(14)11-16)26-23(28)29-22-13-27-9-7-15(22)8-10-27/h1-2,4-5,11-12,15,21-22H,3,6-10,13H2,(H,26,28)/t21?,22-/m1/s1. The molecule has 3 fully saturated rings. The summed E-state index contributed by atoms with van der Waals surface area (Å²) in [5.74, 6) is 0.512. The van der Waals surface area contributed by atoms with Gasteiger partial charge in [0.25, 0.3) is 0 Å². The zero-order valence-corrected chi connectivity index (χ0v) is 17.7. The van der Waals surface area contributed by atoms with Crippen molar-refractivity contribution in [3.05, 3.63) is 57.6 Å². The first kappa shape index (κ1) is 19.2. The van der Waals surface area contributed by atoms with Crippen LogP contribution in [0, 0.1) is 5.92 Å². The Morgan fingerprint density at radius 2 is 1.90 bits per heavy atom. The molecule has 2 bridgehead atoms. The topological polar surface area (TPSA) is 41.6 Å². The number of rotatable bonds is 3. The van der Waals surface area contributed by atoms with Gasteiger partial charge >= 0.3 is 6.09 Å². The molecule has 1 unspecified atom stereocenters. The minimum Gasteiger partial charge on any atom is -0.445 e. The lowest BCUT2D eigenvalue weighted by Gasteiger charge is -2.43. The van der Waals surface area contributed by atoms with E-state index in [2.05, 4.69) is 28.4 Å². The van der Waals surface area contributed by atoms with E-state index in [1.165, 1.54) is 5.56 Å². The number of carbonyl (C=O) groups is 1. The highest BCUT2D eigenvalue weighted by molar-refractivity contribution is 6.35. The third-order valence-corrected chi connectivity index (χ3v) is 7.17. The molecule has 3 heterocycles. The predicted octanol–water partition coefficient (Wildman–Crippen LogP) is 5.47. The van der Waals surface area contributed by atoms with E-state index in [0.717, 1.165) is 62.0 Å². The highest BCUT2D eigenvalue weighted by Crippen LogP contribution is 2.37. The van der Waals surface area contributed by atoms with Crippen LogP contribution in [-0.4, -0.2) is 36.7 Å². The van der Waals surface area contributed by atoms with Crippen LogP contribution < -0.4 is 5.32 Å². The van der Waals surface area contributed by atoms with Gasteiger partial charge in [0, 0.05) is 22.2 Å². The summed E-state index contributed by atoms with van der Waals surface area (Å²) in [6.45, 7) is 3.14. The fraction of sp³-hybridized carbons (Fsp3) is 0.435. The highest BCUT2D eigenvalue weighted by atomic mass is 35.5. The second-order valence-corrected chi connectivity index (χ2v) is 9.20. The summed E-state index contributed by atoms with van der Waals surface area (Å²) < 4.78 is 5.82. The summed E-state index contributed by atoms with van der Waals surface area (Å²) in [4.78, 5) is 15.0. The van der Waals surface area contributed by atoms with E-state index in [1.807, 2.05) is 12.1 Å². The quantitative estimate of drug-likeness (QED) is 0.701. The van der Waals surface area contributed by atoms with Crippen LogP contribution in [-0.2, 0) is 11.2 Å². The molecule has 1 amide bonds. The van der Waals surface area contributed by atoms with Gasteiger partial charge in [-0.15, -0.1) is 0 Å². The average Bonchev–Trinajstić information content (AvgIpc) is 3.12.